The number of thiophene rings is 1. The molecule has 1 N–H and O–H groups in total. The van der Waals surface area contributed by atoms with Gasteiger partial charge in [0.1, 0.15) is 5.82 Å². The molecule has 0 radical (unpaired) electrons. The first-order valence-electron chi connectivity index (χ1n) is 4.89. The Morgan fingerprint density at radius 1 is 1.35 bits per heavy atom. The highest BCUT2D eigenvalue weighted by Crippen LogP contribution is 2.24. The topological polar surface area (TPSA) is 29.1 Å². The zero-order chi connectivity index (χ0) is 12.4. The summed E-state index contributed by atoms with van der Waals surface area (Å²) in [5, 5.41) is 2.69. The second kappa shape index (κ2) is 4.98. The third kappa shape index (κ3) is 2.92. The molecule has 0 unspecified atom stereocenters. The van der Waals surface area contributed by atoms with Gasteiger partial charge in [-0.1, -0.05) is 6.07 Å². The molecular formula is C12H9BrFNOS. The predicted molar refractivity (Wildman–Crippen MR) is 71.1 cm³/mol. The Morgan fingerprint density at radius 2 is 2.12 bits per heavy atom. The lowest BCUT2D eigenvalue weighted by Crippen LogP contribution is -2.11. The zero-order valence-electron chi connectivity index (χ0n) is 8.96. The van der Waals surface area contributed by atoms with Gasteiger partial charge in [-0.2, -0.15) is 0 Å². The summed E-state index contributed by atoms with van der Waals surface area (Å²) in [6, 6.07) is 7.84. The van der Waals surface area contributed by atoms with Gasteiger partial charge in [-0.15, -0.1) is 11.3 Å². The van der Waals surface area contributed by atoms with Crippen LogP contribution in [0.3, 0.4) is 0 Å². The van der Waals surface area contributed by atoms with Gasteiger partial charge in [0.15, 0.2) is 0 Å². The van der Waals surface area contributed by atoms with Gasteiger partial charge in [-0.05, 0) is 52.7 Å². The van der Waals surface area contributed by atoms with E-state index in [1.165, 1.54) is 23.5 Å². The van der Waals surface area contributed by atoms with E-state index < -0.39 is 0 Å². The minimum atomic E-state index is -0.363. The largest absolute Gasteiger partial charge is 0.321 e. The van der Waals surface area contributed by atoms with Crippen LogP contribution in [0, 0.1) is 12.7 Å². The average Bonchev–Trinajstić information content (AvgIpc) is 2.70. The molecule has 0 fully saturated rings. The lowest BCUT2D eigenvalue weighted by molar-refractivity contribution is 0.103. The fourth-order valence-electron chi connectivity index (χ4n) is 1.35. The molecule has 0 saturated heterocycles. The maximum atomic E-state index is 13.0. The molecule has 17 heavy (non-hydrogen) atoms. The molecule has 1 aromatic heterocycles. The van der Waals surface area contributed by atoms with Crippen molar-refractivity contribution in [2.75, 3.05) is 5.32 Å². The second-order valence-corrected chi connectivity index (χ2v) is 5.98. The van der Waals surface area contributed by atoms with Crippen molar-refractivity contribution in [3.8, 4) is 0 Å². The van der Waals surface area contributed by atoms with E-state index in [0.29, 0.717) is 10.6 Å². The summed E-state index contributed by atoms with van der Waals surface area (Å²) in [5.41, 5.74) is 1.33. The van der Waals surface area contributed by atoms with Gasteiger partial charge >= 0.3 is 0 Å². The Balaban J connectivity index is 2.21. The first kappa shape index (κ1) is 12.3. The average molecular weight is 314 g/mol. The lowest BCUT2D eigenvalue weighted by Gasteiger charge is -2.07. The SMILES string of the molecule is Cc1ccc(F)cc1NC(=O)c1ccc(Br)s1. The highest BCUT2D eigenvalue weighted by molar-refractivity contribution is 9.11. The fourth-order valence-corrected chi connectivity index (χ4v) is 2.63. The summed E-state index contributed by atoms with van der Waals surface area (Å²) < 4.78 is 13.9. The van der Waals surface area contributed by atoms with Crippen molar-refractivity contribution < 1.29 is 9.18 Å². The van der Waals surface area contributed by atoms with Gasteiger partial charge in [0, 0.05) is 5.69 Å². The number of nitrogens with one attached hydrogen (secondary N) is 1. The number of hydrogen-bond donors (Lipinski definition) is 1. The molecule has 2 rings (SSSR count). The molecule has 88 valence electrons. The number of carbonyl (C=O) groups excluding carboxylic acids is 1. The number of hydrogen-bond acceptors (Lipinski definition) is 2. The number of rotatable bonds is 2. The van der Waals surface area contributed by atoms with Crippen LogP contribution in [0.4, 0.5) is 10.1 Å². The lowest BCUT2D eigenvalue weighted by atomic mass is 10.2. The molecule has 1 amide bonds. The Hall–Kier alpha value is -1.20. The van der Waals surface area contributed by atoms with Crippen molar-refractivity contribution in [2.45, 2.75) is 6.92 Å². The molecule has 0 spiro atoms. The van der Waals surface area contributed by atoms with Crippen LogP contribution in [0.15, 0.2) is 34.1 Å². The monoisotopic (exact) mass is 313 g/mol. The number of amides is 1. The first-order valence-corrected chi connectivity index (χ1v) is 6.50. The van der Waals surface area contributed by atoms with Gasteiger partial charge in [0.05, 0.1) is 8.66 Å². The van der Waals surface area contributed by atoms with E-state index >= 15 is 0 Å². The van der Waals surface area contributed by atoms with Gasteiger partial charge in [-0.25, -0.2) is 4.39 Å². The van der Waals surface area contributed by atoms with Crippen molar-refractivity contribution in [2.24, 2.45) is 0 Å². The summed E-state index contributed by atoms with van der Waals surface area (Å²) in [6.45, 7) is 1.82. The van der Waals surface area contributed by atoms with Crippen LogP contribution in [-0.2, 0) is 0 Å². The Labute approximate surface area is 111 Å². The number of aryl methyl sites for hydroxylation is 1. The van der Waals surface area contributed by atoms with E-state index in [-0.39, 0.29) is 11.7 Å². The molecule has 5 heteroatoms. The van der Waals surface area contributed by atoms with Crippen LogP contribution >= 0.6 is 27.3 Å². The van der Waals surface area contributed by atoms with E-state index in [2.05, 4.69) is 21.2 Å². The van der Waals surface area contributed by atoms with E-state index in [4.69, 9.17) is 0 Å². The number of halogens is 2. The molecule has 0 atom stereocenters. The molecule has 0 aliphatic heterocycles. The quantitative estimate of drug-likeness (QED) is 0.884. The van der Waals surface area contributed by atoms with Crippen molar-refractivity contribution in [3.05, 3.63) is 50.4 Å². The summed E-state index contributed by atoms with van der Waals surface area (Å²) in [5.74, 6) is -0.590. The molecule has 1 aromatic carbocycles. The van der Waals surface area contributed by atoms with Gasteiger partial charge in [-0.3, -0.25) is 4.79 Å². The van der Waals surface area contributed by atoms with Crippen LogP contribution in [0.5, 0.6) is 0 Å². The smallest absolute Gasteiger partial charge is 0.265 e. The Bertz CT molecular complexity index is 567. The summed E-state index contributed by atoms with van der Waals surface area (Å²) in [6.07, 6.45) is 0. The third-order valence-corrected chi connectivity index (χ3v) is 3.87. The van der Waals surface area contributed by atoms with Gasteiger partial charge in [0.2, 0.25) is 0 Å². The first-order chi connectivity index (χ1) is 8.06. The molecular weight excluding hydrogens is 305 g/mol. The van der Waals surface area contributed by atoms with Crippen LogP contribution in [0.25, 0.3) is 0 Å². The summed E-state index contributed by atoms with van der Waals surface area (Å²) in [4.78, 5) is 12.4. The van der Waals surface area contributed by atoms with Crippen LogP contribution in [0.2, 0.25) is 0 Å². The van der Waals surface area contributed by atoms with Crippen molar-refractivity contribution >= 4 is 38.9 Å². The molecule has 0 saturated carbocycles. The normalized spacial score (nSPS) is 10.3. The van der Waals surface area contributed by atoms with Gasteiger partial charge < -0.3 is 5.32 Å². The van der Waals surface area contributed by atoms with Crippen molar-refractivity contribution in [3.63, 3.8) is 0 Å². The Morgan fingerprint density at radius 3 is 2.76 bits per heavy atom. The highest BCUT2D eigenvalue weighted by atomic mass is 79.9. The number of benzene rings is 1. The fraction of sp³-hybridized carbons (Fsp3) is 0.0833. The van der Waals surface area contributed by atoms with Crippen LogP contribution in [0.1, 0.15) is 15.2 Å². The molecule has 0 aliphatic rings. The molecule has 2 nitrogen and oxygen atoms in total. The minimum Gasteiger partial charge on any atom is -0.321 e. The number of anilines is 1. The number of carbonyl (C=O) groups is 1. The van der Waals surface area contributed by atoms with Crippen molar-refractivity contribution in [1.82, 2.24) is 0 Å². The van der Waals surface area contributed by atoms with Crippen LogP contribution < -0.4 is 5.32 Å². The van der Waals surface area contributed by atoms with E-state index in [1.807, 2.05) is 6.92 Å². The van der Waals surface area contributed by atoms with Crippen molar-refractivity contribution in [1.29, 1.82) is 0 Å². The zero-order valence-corrected chi connectivity index (χ0v) is 11.4. The maximum Gasteiger partial charge on any atom is 0.265 e. The Kier molecular flexibility index (Phi) is 3.59. The van der Waals surface area contributed by atoms with Gasteiger partial charge in [0.25, 0.3) is 5.91 Å². The summed E-state index contributed by atoms with van der Waals surface area (Å²) in [7, 11) is 0. The molecule has 0 bridgehead atoms. The third-order valence-electron chi connectivity index (χ3n) is 2.24. The molecule has 1 heterocycles. The highest BCUT2D eigenvalue weighted by Gasteiger charge is 2.10. The summed E-state index contributed by atoms with van der Waals surface area (Å²) >= 11 is 4.63. The van der Waals surface area contributed by atoms with E-state index in [9.17, 15) is 9.18 Å². The molecule has 0 aliphatic carbocycles. The second-order valence-electron chi connectivity index (χ2n) is 3.52. The van der Waals surface area contributed by atoms with E-state index in [0.717, 1.165) is 9.35 Å². The van der Waals surface area contributed by atoms with E-state index in [1.54, 1.807) is 18.2 Å². The maximum absolute atomic E-state index is 13.0. The molecule has 2 aromatic rings. The standard InChI is InChI=1S/C12H9BrFNOS/c1-7-2-3-8(14)6-9(7)15-12(16)10-4-5-11(13)17-10/h2-6H,1H3,(H,15,16). The predicted octanol–water partition coefficient (Wildman–Crippen LogP) is 4.21. The minimum absolute atomic E-state index is 0.227. The van der Waals surface area contributed by atoms with Crippen LogP contribution in [-0.4, -0.2) is 5.91 Å².